The molecule has 0 fully saturated rings. The molecule has 0 unspecified atom stereocenters. The number of hydrogen-bond acceptors (Lipinski definition) is 2. The predicted octanol–water partition coefficient (Wildman–Crippen LogP) is 5.46. The first kappa shape index (κ1) is 15.7. The third kappa shape index (κ3) is 4.37. The zero-order valence-electron chi connectivity index (χ0n) is 10.5. The maximum absolute atomic E-state index is 12.4. The lowest BCUT2D eigenvalue weighted by Gasteiger charge is -2.06. The van der Waals surface area contributed by atoms with Gasteiger partial charge in [-0.3, -0.25) is 5.43 Å². The molecule has 0 saturated carbocycles. The molecule has 0 aromatic heterocycles. The summed E-state index contributed by atoms with van der Waals surface area (Å²) in [4.78, 5) is 0. The fourth-order valence-corrected chi connectivity index (χ4v) is 1.80. The molecule has 0 aliphatic rings. The van der Waals surface area contributed by atoms with Crippen LogP contribution in [0.25, 0.3) is 0 Å². The Morgan fingerprint density at radius 2 is 1.62 bits per heavy atom. The second-order valence-corrected chi connectivity index (χ2v) is 4.93. The minimum absolute atomic E-state index is 0.381. The van der Waals surface area contributed by atoms with Gasteiger partial charge in [-0.1, -0.05) is 35.3 Å². The molecule has 2 nitrogen and oxygen atoms in total. The Labute approximate surface area is 129 Å². The number of alkyl halides is 3. The molecule has 0 aliphatic heterocycles. The van der Waals surface area contributed by atoms with Crippen LogP contribution in [0.5, 0.6) is 0 Å². The summed E-state index contributed by atoms with van der Waals surface area (Å²) in [6.45, 7) is 0. The van der Waals surface area contributed by atoms with Crippen molar-refractivity contribution in [2.75, 3.05) is 5.43 Å². The first-order chi connectivity index (χ1) is 9.86. The molecule has 1 N–H and O–H groups in total. The van der Waals surface area contributed by atoms with Crippen LogP contribution in [0.2, 0.25) is 10.0 Å². The highest BCUT2D eigenvalue weighted by Gasteiger charge is 2.29. The molecule has 7 heteroatoms. The molecule has 110 valence electrons. The molecule has 21 heavy (non-hydrogen) atoms. The van der Waals surface area contributed by atoms with Gasteiger partial charge in [-0.05, 0) is 35.9 Å². The molecule has 0 aliphatic carbocycles. The van der Waals surface area contributed by atoms with E-state index in [1.54, 1.807) is 18.2 Å². The maximum Gasteiger partial charge on any atom is 0.416 e. The van der Waals surface area contributed by atoms with Crippen molar-refractivity contribution >= 4 is 35.1 Å². The van der Waals surface area contributed by atoms with E-state index in [1.807, 2.05) is 0 Å². The Kier molecular flexibility index (Phi) is 4.75. The van der Waals surface area contributed by atoms with Crippen LogP contribution in [0, 0.1) is 0 Å². The van der Waals surface area contributed by atoms with Crippen molar-refractivity contribution in [3.05, 3.63) is 63.6 Å². The quantitative estimate of drug-likeness (QED) is 0.585. The normalized spacial score (nSPS) is 11.9. The van der Waals surface area contributed by atoms with E-state index in [-0.39, 0.29) is 0 Å². The van der Waals surface area contributed by atoms with E-state index >= 15 is 0 Å². The van der Waals surface area contributed by atoms with Crippen LogP contribution in [0.3, 0.4) is 0 Å². The second kappa shape index (κ2) is 6.37. The zero-order chi connectivity index (χ0) is 15.5. The lowest BCUT2D eigenvalue weighted by molar-refractivity contribution is -0.137. The summed E-state index contributed by atoms with van der Waals surface area (Å²) in [5.41, 5.74) is 3.17. The SMILES string of the molecule is FC(F)(F)c1ccc(/C=N\Nc2ccc(Cl)c(Cl)c2)cc1. The number of rotatable bonds is 3. The lowest BCUT2D eigenvalue weighted by atomic mass is 10.1. The summed E-state index contributed by atoms with van der Waals surface area (Å²) in [6, 6.07) is 9.55. The molecule has 0 atom stereocenters. The number of hydrogen-bond donors (Lipinski definition) is 1. The van der Waals surface area contributed by atoms with Gasteiger partial charge >= 0.3 is 6.18 Å². The lowest BCUT2D eigenvalue weighted by Crippen LogP contribution is -2.04. The molecule has 2 aromatic rings. The fraction of sp³-hybridized carbons (Fsp3) is 0.0714. The van der Waals surface area contributed by atoms with Crippen molar-refractivity contribution in [3.63, 3.8) is 0 Å². The number of nitrogens with one attached hydrogen (secondary N) is 1. The number of halogens is 5. The van der Waals surface area contributed by atoms with Crippen LogP contribution in [0.15, 0.2) is 47.6 Å². The summed E-state index contributed by atoms with van der Waals surface area (Å²) >= 11 is 11.6. The van der Waals surface area contributed by atoms with Gasteiger partial charge in [-0.25, -0.2) is 0 Å². The van der Waals surface area contributed by atoms with E-state index in [2.05, 4.69) is 10.5 Å². The van der Waals surface area contributed by atoms with Crippen molar-refractivity contribution in [1.29, 1.82) is 0 Å². The summed E-state index contributed by atoms with van der Waals surface area (Å²) < 4.78 is 37.2. The molecule has 0 saturated heterocycles. The van der Waals surface area contributed by atoms with Gasteiger partial charge in [0.05, 0.1) is 27.5 Å². The second-order valence-electron chi connectivity index (χ2n) is 4.12. The summed E-state index contributed by atoms with van der Waals surface area (Å²) in [6.07, 6.45) is -2.93. The monoisotopic (exact) mass is 332 g/mol. The van der Waals surface area contributed by atoms with E-state index in [1.165, 1.54) is 18.3 Å². The number of nitrogens with zero attached hydrogens (tertiary/aromatic N) is 1. The third-order valence-corrected chi connectivity index (χ3v) is 3.30. The van der Waals surface area contributed by atoms with E-state index in [9.17, 15) is 13.2 Å². The van der Waals surface area contributed by atoms with Crippen molar-refractivity contribution in [2.24, 2.45) is 5.10 Å². The number of anilines is 1. The minimum Gasteiger partial charge on any atom is -0.278 e. The van der Waals surface area contributed by atoms with Gasteiger partial charge in [0.2, 0.25) is 0 Å². The first-order valence-electron chi connectivity index (χ1n) is 5.77. The van der Waals surface area contributed by atoms with Crippen molar-refractivity contribution < 1.29 is 13.2 Å². The Morgan fingerprint density at radius 1 is 0.952 bits per heavy atom. The molecule has 2 aromatic carbocycles. The standard InChI is InChI=1S/C14H9Cl2F3N2/c15-12-6-5-11(7-13(12)16)21-20-8-9-1-3-10(4-2-9)14(17,18)19/h1-8,21H/b20-8-. The summed E-state index contributed by atoms with van der Waals surface area (Å²) in [5.74, 6) is 0. The minimum atomic E-state index is -4.34. The van der Waals surface area contributed by atoms with Crippen molar-refractivity contribution in [1.82, 2.24) is 0 Å². The maximum atomic E-state index is 12.4. The highest BCUT2D eigenvalue weighted by Crippen LogP contribution is 2.29. The molecular formula is C14H9Cl2F3N2. The van der Waals surface area contributed by atoms with E-state index in [0.717, 1.165) is 12.1 Å². The average molecular weight is 333 g/mol. The fourth-order valence-electron chi connectivity index (χ4n) is 1.51. The average Bonchev–Trinajstić information content (AvgIpc) is 2.42. The van der Waals surface area contributed by atoms with E-state index in [0.29, 0.717) is 21.3 Å². The van der Waals surface area contributed by atoms with Crippen molar-refractivity contribution in [3.8, 4) is 0 Å². The Hall–Kier alpha value is -1.72. The van der Waals surface area contributed by atoms with Crippen LogP contribution in [0.4, 0.5) is 18.9 Å². The Morgan fingerprint density at radius 3 is 2.19 bits per heavy atom. The molecule has 0 spiro atoms. The smallest absolute Gasteiger partial charge is 0.278 e. The van der Waals surface area contributed by atoms with E-state index < -0.39 is 11.7 Å². The van der Waals surface area contributed by atoms with Gasteiger partial charge in [0, 0.05) is 0 Å². The molecule has 0 amide bonds. The van der Waals surface area contributed by atoms with E-state index in [4.69, 9.17) is 23.2 Å². The highest BCUT2D eigenvalue weighted by molar-refractivity contribution is 6.42. The topological polar surface area (TPSA) is 24.4 Å². The third-order valence-electron chi connectivity index (χ3n) is 2.56. The van der Waals surface area contributed by atoms with Gasteiger partial charge in [0.15, 0.2) is 0 Å². The Bertz CT molecular complexity index is 652. The molecule has 0 bridgehead atoms. The predicted molar refractivity (Wildman–Crippen MR) is 79.1 cm³/mol. The molecule has 2 rings (SSSR count). The van der Waals surface area contributed by atoms with Crippen LogP contribution < -0.4 is 5.43 Å². The largest absolute Gasteiger partial charge is 0.416 e. The van der Waals surface area contributed by atoms with Crippen molar-refractivity contribution in [2.45, 2.75) is 6.18 Å². The molecular weight excluding hydrogens is 324 g/mol. The summed E-state index contributed by atoms with van der Waals surface area (Å²) in [5, 5.41) is 4.72. The number of hydrazone groups is 1. The van der Waals surface area contributed by atoms with Gasteiger partial charge in [0.25, 0.3) is 0 Å². The first-order valence-corrected chi connectivity index (χ1v) is 6.53. The van der Waals surface area contributed by atoms with Gasteiger partial charge in [0.1, 0.15) is 0 Å². The van der Waals surface area contributed by atoms with Gasteiger partial charge in [-0.15, -0.1) is 0 Å². The zero-order valence-corrected chi connectivity index (χ0v) is 12.0. The highest BCUT2D eigenvalue weighted by atomic mass is 35.5. The molecule has 0 heterocycles. The molecule has 0 radical (unpaired) electrons. The number of benzene rings is 2. The van der Waals surface area contributed by atoms with Crippen LogP contribution in [0.1, 0.15) is 11.1 Å². The van der Waals surface area contributed by atoms with Gasteiger partial charge in [-0.2, -0.15) is 18.3 Å². The Balaban J connectivity index is 2.02. The van der Waals surface area contributed by atoms with Crippen LogP contribution in [-0.2, 0) is 6.18 Å². The van der Waals surface area contributed by atoms with Crippen LogP contribution >= 0.6 is 23.2 Å². The van der Waals surface area contributed by atoms with Crippen LogP contribution in [-0.4, -0.2) is 6.21 Å². The summed E-state index contributed by atoms with van der Waals surface area (Å²) in [7, 11) is 0. The van der Waals surface area contributed by atoms with Gasteiger partial charge < -0.3 is 0 Å².